The van der Waals surface area contributed by atoms with Gasteiger partial charge in [-0.15, -0.1) is 0 Å². The van der Waals surface area contributed by atoms with Crippen LogP contribution in [-0.2, 0) is 12.1 Å². The molecular weight excluding hydrogens is 437 g/mol. The number of hydrogen-bond acceptors (Lipinski definition) is 1. The first-order valence-corrected chi connectivity index (χ1v) is 12.1. The molecule has 4 heteroatoms. The van der Waals surface area contributed by atoms with E-state index in [-0.39, 0.29) is 17.8 Å². The van der Waals surface area contributed by atoms with Crippen LogP contribution in [0.1, 0.15) is 64.0 Å². The van der Waals surface area contributed by atoms with Gasteiger partial charge in [0.25, 0.3) is 0 Å². The Morgan fingerprint density at radius 1 is 0.938 bits per heavy atom. The van der Waals surface area contributed by atoms with Gasteiger partial charge in [0.2, 0.25) is 0 Å². The summed E-state index contributed by atoms with van der Waals surface area (Å²) in [6.07, 6.45) is 5.45. The second kappa shape index (κ2) is 11.6. The van der Waals surface area contributed by atoms with Crippen molar-refractivity contribution in [1.82, 2.24) is 0 Å². The van der Waals surface area contributed by atoms with Gasteiger partial charge >= 0.3 is 0 Å². The minimum atomic E-state index is -1.16. The van der Waals surface area contributed by atoms with Gasteiger partial charge in [-0.25, -0.2) is 0 Å². The van der Waals surface area contributed by atoms with Crippen molar-refractivity contribution in [1.29, 1.82) is 0 Å². The Balaban J connectivity index is 0.00000363. The van der Waals surface area contributed by atoms with E-state index in [1.807, 2.05) is 42.5 Å². The third kappa shape index (κ3) is 5.70. The topological polar surface area (TPSA) is 20.2 Å². The van der Waals surface area contributed by atoms with Crippen molar-refractivity contribution in [2.75, 3.05) is 19.6 Å². The van der Waals surface area contributed by atoms with E-state index in [2.05, 4.69) is 44.7 Å². The van der Waals surface area contributed by atoms with Crippen LogP contribution in [0.3, 0.4) is 0 Å². The van der Waals surface area contributed by atoms with Crippen molar-refractivity contribution in [2.45, 2.75) is 65.0 Å². The lowest BCUT2D eigenvalue weighted by Gasteiger charge is -2.42. The summed E-state index contributed by atoms with van der Waals surface area (Å²) >= 11 is 6.50. The normalized spacial score (nSPS) is 17.4. The van der Waals surface area contributed by atoms with E-state index in [4.69, 9.17) is 11.6 Å². The summed E-state index contributed by atoms with van der Waals surface area (Å²) in [5.74, 6) is 6.86. The molecule has 1 saturated heterocycles. The van der Waals surface area contributed by atoms with Crippen LogP contribution >= 0.6 is 11.6 Å². The highest BCUT2D eigenvalue weighted by molar-refractivity contribution is 6.31. The molecule has 1 N–H and O–H groups in total. The number of likely N-dealkylation sites (tertiary alicyclic amines) is 1. The highest BCUT2D eigenvalue weighted by atomic mass is 35.5. The Hall–Kier alpha value is -1.50. The number of halogens is 2. The van der Waals surface area contributed by atoms with Crippen LogP contribution in [0.2, 0.25) is 5.02 Å². The maximum Gasteiger partial charge on any atom is 0.156 e. The number of quaternary nitrogens is 1. The SMILES string of the molecule is CCC(C)(CC)C(O)(C#CC[N+]1(Cc2ccccc2Cl)CCCCC1)c1ccccc1.[Cl-]. The molecule has 1 atom stereocenters. The molecule has 0 aromatic heterocycles. The smallest absolute Gasteiger partial charge is 0.156 e. The molecule has 2 aromatic rings. The standard InChI is InChI=1S/C28H37ClNO.ClH/c1-4-27(3,5-2)28(31,25-16-8-6-9-17-25)19-14-22-30(20-12-7-13-21-30)23-24-15-10-11-18-26(24)29;/h6,8-11,15-18,31H,4-5,7,12-13,20-23H2,1-3H3;1H/q+1;/p-1. The van der Waals surface area contributed by atoms with Gasteiger partial charge in [0, 0.05) is 16.0 Å². The van der Waals surface area contributed by atoms with Crippen molar-refractivity contribution in [3.8, 4) is 11.8 Å². The lowest BCUT2D eigenvalue weighted by Crippen LogP contribution is -3.00. The molecule has 1 aliphatic heterocycles. The Morgan fingerprint density at radius 3 is 2.12 bits per heavy atom. The van der Waals surface area contributed by atoms with Crippen molar-refractivity contribution in [3.63, 3.8) is 0 Å². The van der Waals surface area contributed by atoms with Gasteiger partial charge in [-0.1, -0.05) is 86.8 Å². The van der Waals surface area contributed by atoms with Crippen LogP contribution < -0.4 is 12.4 Å². The molecule has 0 amide bonds. The first-order chi connectivity index (χ1) is 14.9. The molecule has 1 fully saturated rings. The number of benzene rings is 2. The van der Waals surface area contributed by atoms with Gasteiger partial charge in [0.15, 0.2) is 5.60 Å². The Morgan fingerprint density at radius 2 is 1.53 bits per heavy atom. The van der Waals surface area contributed by atoms with E-state index in [0.717, 1.165) is 54.1 Å². The van der Waals surface area contributed by atoms with Crippen LogP contribution in [0.4, 0.5) is 0 Å². The highest BCUT2D eigenvalue weighted by Crippen LogP contribution is 2.44. The monoisotopic (exact) mass is 473 g/mol. The van der Waals surface area contributed by atoms with Gasteiger partial charge in [0.05, 0.1) is 13.1 Å². The van der Waals surface area contributed by atoms with Crippen molar-refractivity contribution in [3.05, 3.63) is 70.7 Å². The number of hydrogen-bond donors (Lipinski definition) is 1. The third-order valence-corrected chi connectivity index (χ3v) is 7.91. The molecule has 0 bridgehead atoms. The van der Waals surface area contributed by atoms with Crippen LogP contribution in [0.25, 0.3) is 0 Å². The second-order valence-corrected chi connectivity index (χ2v) is 9.81. The molecular formula is C28H37Cl2NO. The number of piperidine rings is 1. The summed E-state index contributed by atoms with van der Waals surface area (Å²) in [4.78, 5) is 0. The fourth-order valence-electron chi connectivity index (χ4n) is 4.89. The lowest BCUT2D eigenvalue weighted by molar-refractivity contribution is -0.938. The molecule has 0 spiro atoms. The summed E-state index contributed by atoms with van der Waals surface area (Å²) in [6.45, 7) is 10.3. The molecule has 0 radical (unpaired) electrons. The predicted molar refractivity (Wildman–Crippen MR) is 131 cm³/mol. The van der Waals surface area contributed by atoms with E-state index < -0.39 is 5.60 Å². The quantitative estimate of drug-likeness (QED) is 0.481. The van der Waals surface area contributed by atoms with Crippen LogP contribution in [-0.4, -0.2) is 29.2 Å². The van der Waals surface area contributed by atoms with Crippen molar-refractivity contribution in [2.24, 2.45) is 5.41 Å². The Bertz CT molecular complexity index is 908. The number of aliphatic hydroxyl groups is 1. The van der Waals surface area contributed by atoms with E-state index in [1.54, 1.807) is 0 Å². The average Bonchev–Trinajstić information content (AvgIpc) is 2.81. The van der Waals surface area contributed by atoms with Crippen LogP contribution in [0.15, 0.2) is 54.6 Å². The summed E-state index contributed by atoms with van der Waals surface area (Å²) in [5, 5.41) is 12.8. The van der Waals surface area contributed by atoms with Crippen molar-refractivity contribution < 1.29 is 22.0 Å². The molecule has 0 aliphatic carbocycles. The summed E-state index contributed by atoms with van der Waals surface area (Å²) in [7, 11) is 0. The largest absolute Gasteiger partial charge is 1.00 e. The molecule has 1 aliphatic rings. The first-order valence-electron chi connectivity index (χ1n) is 11.7. The molecule has 1 unspecified atom stereocenters. The zero-order valence-electron chi connectivity index (χ0n) is 19.7. The molecule has 2 aromatic carbocycles. The van der Waals surface area contributed by atoms with E-state index in [0.29, 0.717) is 0 Å². The number of rotatable bonds is 7. The molecule has 1 heterocycles. The molecule has 32 heavy (non-hydrogen) atoms. The maximum absolute atomic E-state index is 11.9. The molecule has 0 saturated carbocycles. The molecule has 3 rings (SSSR count). The molecule has 174 valence electrons. The highest BCUT2D eigenvalue weighted by Gasteiger charge is 2.45. The zero-order valence-corrected chi connectivity index (χ0v) is 21.2. The van der Waals surface area contributed by atoms with Crippen molar-refractivity contribution >= 4 is 11.6 Å². The molecule has 2 nitrogen and oxygen atoms in total. The van der Waals surface area contributed by atoms with E-state index >= 15 is 0 Å². The van der Waals surface area contributed by atoms with Gasteiger partial charge < -0.3 is 22.0 Å². The van der Waals surface area contributed by atoms with E-state index in [1.165, 1.54) is 24.8 Å². The van der Waals surface area contributed by atoms with Gasteiger partial charge in [-0.05, 0) is 49.7 Å². The minimum Gasteiger partial charge on any atom is -1.00 e. The van der Waals surface area contributed by atoms with Crippen LogP contribution in [0, 0.1) is 17.3 Å². The maximum atomic E-state index is 11.9. The third-order valence-electron chi connectivity index (χ3n) is 7.54. The minimum absolute atomic E-state index is 0. The number of nitrogens with zero attached hydrogens (tertiary/aromatic N) is 1. The lowest BCUT2D eigenvalue weighted by atomic mass is 9.66. The van der Waals surface area contributed by atoms with Gasteiger partial charge in [-0.2, -0.15) is 0 Å². The predicted octanol–water partition coefficient (Wildman–Crippen LogP) is 3.56. The van der Waals surface area contributed by atoms with Crippen LogP contribution in [0.5, 0.6) is 0 Å². The average molecular weight is 475 g/mol. The summed E-state index contributed by atoms with van der Waals surface area (Å²) in [6, 6.07) is 18.1. The fourth-order valence-corrected chi connectivity index (χ4v) is 5.09. The fraction of sp³-hybridized carbons (Fsp3) is 0.500. The first kappa shape index (κ1) is 26.7. The Kier molecular flexibility index (Phi) is 9.68. The van der Waals surface area contributed by atoms with Gasteiger partial charge in [-0.3, -0.25) is 0 Å². The Labute approximate surface area is 206 Å². The second-order valence-electron chi connectivity index (χ2n) is 9.40. The zero-order chi connectivity index (χ0) is 22.4. The summed E-state index contributed by atoms with van der Waals surface area (Å²) in [5.41, 5.74) is 0.613. The van der Waals surface area contributed by atoms with Gasteiger partial charge in [0.1, 0.15) is 13.1 Å². The summed E-state index contributed by atoms with van der Waals surface area (Å²) < 4.78 is 0.927. The van der Waals surface area contributed by atoms with E-state index in [9.17, 15) is 5.11 Å².